The van der Waals surface area contributed by atoms with Gasteiger partial charge in [0.05, 0.1) is 0 Å². The molecule has 15 heavy (non-hydrogen) atoms. The molecule has 1 rings (SSSR count). The standard InChI is InChI=1S/C11H10O4/c1-7-4-10(14-8(2)12)6-11(5-7)15-9(3)13/h1,4-6H,2-3H3. The molecule has 0 atom stereocenters. The highest BCUT2D eigenvalue weighted by Gasteiger charge is 2.04. The molecule has 0 saturated heterocycles. The van der Waals surface area contributed by atoms with E-state index in [1.54, 1.807) is 0 Å². The van der Waals surface area contributed by atoms with Gasteiger partial charge in [-0.05, 0) is 24.6 Å². The Labute approximate surface area is 87.8 Å². The van der Waals surface area contributed by atoms with Gasteiger partial charge in [0.25, 0.3) is 0 Å². The Morgan fingerprint density at radius 1 is 1.00 bits per heavy atom. The van der Waals surface area contributed by atoms with Crippen molar-refractivity contribution in [3.8, 4) is 11.5 Å². The number of carbonyl (C=O) groups is 2. The highest BCUT2D eigenvalue weighted by Crippen LogP contribution is 2.22. The summed E-state index contributed by atoms with van der Waals surface area (Å²) in [6.07, 6.45) is 0. The lowest BCUT2D eigenvalue weighted by atomic mass is 10.2. The zero-order chi connectivity index (χ0) is 11.4. The van der Waals surface area contributed by atoms with E-state index in [0.29, 0.717) is 5.56 Å². The third kappa shape index (κ3) is 3.81. The number of benzene rings is 1. The van der Waals surface area contributed by atoms with Crippen LogP contribution in [0.2, 0.25) is 0 Å². The van der Waals surface area contributed by atoms with Crippen molar-refractivity contribution < 1.29 is 19.1 Å². The Kier molecular flexibility index (Phi) is 3.44. The van der Waals surface area contributed by atoms with Gasteiger partial charge in [0, 0.05) is 19.9 Å². The van der Waals surface area contributed by atoms with Crippen LogP contribution < -0.4 is 9.47 Å². The molecule has 0 aliphatic rings. The van der Waals surface area contributed by atoms with Crippen LogP contribution in [0.1, 0.15) is 19.4 Å². The summed E-state index contributed by atoms with van der Waals surface area (Å²) in [4.78, 5) is 21.4. The van der Waals surface area contributed by atoms with Crippen molar-refractivity contribution in [1.82, 2.24) is 0 Å². The molecular formula is C11H10O4. The zero-order valence-corrected chi connectivity index (χ0v) is 8.44. The second kappa shape index (κ2) is 4.59. The highest BCUT2D eigenvalue weighted by molar-refractivity contribution is 5.71. The minimum absolute atomic E-state index is 0.249. The Balaban J connectivity index is 2.94. The number of hydrogen-bond acceptors (Lipinski definition) is 4. The number of rotatable bonds is 2. The first-order valence-electron chi connectivity index (χ1n) is 4.25. The molecule has 4 nitrogen and oxygen atoms in total. The van der Waals surface area contributed by atoms with Gasteiger partial charge in [-0.2, -0.15) is 0 Å². The minimum Gasteiger partial charge on any atom is -0.427 e. The van der Waals surface area contributed by atoms with Crippen LogP contribution in [0.25, 0.3) is 0 Å². The van der Waals surface area contributed by atoms with Crippen LogP contribution in [0.3, 0.4) is 0 Å². The maximum Gasteiger partial charge on any atom is 0.308 e. The topological polar surface area (TPSA) is 52.6 Å². The Bertz CT molecular complexity index is 361. The highest BCUT2D eigenvalue weighted by atomic mass is 16.5. The smallest absolute Gasteiger partial charge is 0.308 e. The SMILES string of the molecule is [CH]c1cc(OC(C)=O)cc(OC(C)=O)c1. The van der Waals surface area contributed by atoms with Crippen molar-refractivity contribution in [2.24, 2.45) is 0 Å². The quantitative estimate of drug-likeness (QED) is 0.544. The molecule has 0 aliphatic carbocycles. The molecule has 0 N–H and O–H groups in total. The fourth-order valence-electron chi connectivity index (χ4n) is 1.04. The van der Waals surface area contributed by atoms with Crippen LogP contribution in [0.15, 0.2) is 18.2 Å². The summed E-state index contributed by atoms with van der Waals surface area (Å²) in [5, 5.41) is 0. The molecule has 0 saturated carbocycles. The van der Waals surface area contributed by atoms with Crippen molar-refractivity contribution in [3.05, 3.63) is 30.7 Å². The largest absolute Gasteiger partial charge is 0.427 e. The molecule has 2 radical (unpaired) electrons. The molecular weight excluding hydrogens is 196 g/mol. The summed E-state index contributed by atoms with van der Waals surface area (Å²) in [6.45, 7) is 8.07. The average molecular weight is 206 g/mol. The third-order valence-electron chi connectivity index (χ3n) is 1.43. The number of carbonyl (C=O) groups excluding carboxylic acids is 2. The van der Waals surface area contributed by atoms with Gasteiger partial charge < -0.3 is 9.47 Å². The van der Waals surface area contributed by atoms with Gasteiger partial charge in [-0.15, -0.1) is 0 Å². The summed E-state index contributed by atoms with van der Waals surface area (Å²) in [7, 11) is 0. The Morgan fingerprint density at radius 3 is 1.73 bits per heavy atom. The fourth-order valence-corrected chi connectivity index (χ4v) is 1.04. The molecule has 78 valence electrons. The minimum atomic E-state index is -0.464. The van der Waals surface area contributed by atoms with E-state index < -0.39 is 11.9 Å². The van der Waals surface area contributed by atoms with Crippen molar-refractivity contribution >= 4 is 11.9 Å². The average Bonchev–Trinajstić information content (AvgIpc) is 1.98. The normalized spacial score (nSPS) is 9.53. The predicted octanol–water partition coefficient (Wildman–Crippen LogP) is 1.60. The van der Waals surface area contributed by atoms with Gasteiger partial charge in [0.2, 0.25) is 0 Å². The predicted molar refractivity (Wildman–Crippen MR) is 52.5 cm³/mol. The van der Waals surface area contributed by atoms with Gasteiger partial charge in [0.1, 0.15) is 11.5 Å². The second-order valence-electron chi connectivity index (χ2n) is 2.93. The third-order valence-corrected chi connectivity index (χ3v) is 1.43. The monoisotopic (exact) mass is 206 g/mol. The molecule has 0 fully saturated rings. The fraction of sp³-hybridized carbons (Fsp3) is 0.182. The molecule has 0 amide bonds. The first-order valence-corrected chi connectivity index (χ1v) is 4.25. The molecule has 1 aromatic carbocycles. The molecule has 0 bridgehead atoms. The van der Waals surface area contributed by atoms with Gasteiger partial charge in [-0.25, -0.2) is 0 Å². The van der Waals surface area contributed by atoms with Crippen LogP contribution in [0.5, 0.6) is 11.5 Å². The first kappa shape index (κ1) is 11.2. The van der Waals surface area contributed by atoms with Gasteiger partial charge in [0.15, 0.2) is 0 Å². The van der Waals surface area contributed by atoms with E-state index >= 15 is 0 Å². The van der Waals surface area contributed by atoms with E-state index in [-0.39, 0.29) is 11.5 Å². The van der Waals surface area contributed by atoms with Gasteiger partial charge in [-0.1, -0.05) is 0 Å². The zero-order valence-electron chi connectivity index (χ0n) is 8.44. The first-order chi connectivity index (χ1) is 6.97. The maximum atomic E-state index is 10.7. The van der Waals surface area contributed by atoms with Crippen LogP contribution in [0, 0.1) is 6.92 Å². The van der Waals surface area contributed by atoms with Crippen molar-refractivity contribution in [3.63, 3.8) is 0 Å². The van der Waals surface area contributed by atoms with E-state index in [4.69, 9.17) is 16.4 Å². The van der Waals surface area contributed by atoms with Crippen molar-refractivity contribution in [2.45, 2.75) is 13.8 Å². The van der Waals surface area contributed by atoms with Crippen LogP contribution in [-0.2, 0) is 9.59 Å². The molecule has 4 heteroatoms. The van der Waals surface area contributed by atoms with E-state index in [2.05, 4.69) is 0 Å². The number of esters is 2. The maximum absolute atomic E-state index is 10.7. The molecule has 0 spiro atoms. The summed E-state index contributed by atoms with van der Waals surface area (Å²) in [5.74, 6) is -0.429. The number of ether oxygens (including phenoxy) is 2. The second-order valence-corrected chi connectivity index (χ2v) is 2.93. The Morgan fingerprint density at radius 2 is 1.40 bits per heavy atom. The molecule has 0 unspecified atom stereocenters. The molecule has 0 aromatic heterocycles. The lowest BCUT2D eigenvalue weighted by Crippen LogP contribution is -2.04. The van der Waals surface area contributed by atoms with E-state index in [1.165, 1.54) is 32.0 Å². The molecule has 1 aromatic rings. The van der Waals surface area contributed by atoms with Crippen molar-refractivity contribution in [2.75, 3.05) is 0 Å². The van der Waals surface area contributed by atoms with E-state index in [0.717, 1.165) is 0 Å². The summed E-state index contributed by atoms with van der Waals surface area (Å²) < 4.78 is 9.61. The summed E-state index contributed by atoms with van der Waals surface area (Å²) in [5.41, 5.74) is 0.352. The van der Waals surface area contributed by atoms with E-state index in [9.17, 15) is 9.59 Å². The van der Waals surface area contributed by atoms with Crippen molar-refractivity contribution in [1.29, 1.82) is 0 Å². The Hall–Kier alpha value is -1.84. The van der Waals surface area contributed by atoms with Crippen LogP contribution in [-0.4, -0.2) is 11.9 Å². The lowest BCUT2D eigenvalue weighted by Gasteiger charge is -2.06. The summed E-state index contributed by atoms with van der Waals surface area (Å²) in [6, 6.07) is 4.35. The summed E-state index contributed by atoms with van der Waals surface area (Å²) >= 11 is 0. The lowest BCUT2D eigenvalue weighted by molar-refractivity contribution is -0.132. The molecule has 0 heterocycles. The number of hydrogen-bond donors (Lipinski definition) is 0. The van der Waals surface area contributed by atoms with Gasteiger partial charge in [-0.3, -0.25) is 9.59 Å². The van der Waals surface area contributed by atoms with Crippen LogP contribution in [0.4, 0.5) is 0 Å². The van der Waals surface area contributed by atoms with Crippen LogP contribution >= 0.6 is 0 Å². The van der Waals surface area contributed by atoms with E-state index in [1.807, 2.05) is 0 Å². The molecule has 0 aliphatic heterocycles. The van der Waals surface area contributed by atoms with Gasteiger partial charge >= 0.3 is 11.9 Å².